The van der Waals surface area contributed by atoms with E-state index in [1.54, 1.807) is 4.68 Å². The van der Waals surface area contributed by atoms with Crippen molar-refractivity contribution in [1.29, 1.82) is 0 Å². The van der Waals surface area contributed by atoms with Crippen molar-refractivity contribution in [1.82, 2.24) is 9.78 Å². The third-order valence-corrected chi connectivity index (χ3v) is 3.39. The first-order valence-corrected chi connectivity index (χ1v) is 6.01. The molecule has 0 saturated carbocycles. The molecule has 0 aliphatic heterocycles. The summed E-state index contributed by atoms with van der Waals surface area (Å²) in [6, 6.07) is 8.59. The molecule has 0 aliphatic carbocycles. The van der Waals surface area contributed by atoms with Crippen molar-refractivity contribution >= 4 is 5.82 Å². The Morgan fingerprint density at radius 1 is 1.29 bits per heavy atom. The summed E-state index contributed by atoms with van der Waals surface area (Å²) in [5.74, 6) is 1.32. The molecule has 2 rings (SSSR count). The van der Waals surface area contributed by atoms with Gasteiger partial charge in [-0.3, -0.25) is 4.68 Å². The van der Waals surface area contributed by atoms with Crippen LogP contribution in [0.25, 0.3) is 11.1 Å². The van der Waals surface area contributed by atoms with Crippen molar-refractivity contribution in [2.24, 2.45) is 7.05 Å². The summed E-state index contributed by atoms with van der Waals surface area (Å²) in [7, 11) is 1.85. The molecule has 0 aliphatic rings. The van der Waals surface area contributed by atoms with Gasteiger partial charge >= 0.3 is 0 Å². The Bertz CT molecular complexity index is 497. The van der Waals surface area contributed by atoms with E-state index in [0.717, 1.165) is 17.5 Å². The molecule has 17 heavy (non-hydrogen) atoms. The minimum Gasteiger partial charge on any atom is -0.383 e. The molecule has 0 saturated heterocycles. The van der Waals surface area contributed by atoms with Crippen LogP contribution < -0.4 is 5.73 Å². The number of anilines is 1. The number of aromatic nitrogens is 2. The highest BCUT2D eigenvalue weighted by molar-refractivity contribution is 5.73. The van der Waals surface area contributed by atoms with Gasteiger partial charge in [0, 0.05) is 12.6 Å². The van der Waals surface area contributed by atoms with E-state index >= 15 is 0 Å². The summed E-state index contributed by atoms with van der Waals surface area (Å²) in [4.78, 5) is 0. The summed E-state index contributed by atoms with van der Waals surface area (Å²) in [5.41, 5.74) is 9.46. The summed E-state index contributed by atoms with van der Waals surface area (Å²) in [6.45, 7) is 4.45. The Morgan fingerprint density at radius 2 is 1.94 bits per heavy atom. The summed E-state index contributed by atoms with van der Waals surface area (Å²) >= 11 is 0. The van der Waals surface area contributed by atoms with Gasteiger partial charge in [0.1, 0.15) is 5.82 Å². The third-order valence-electron chi connectivity index (χ3n) is 3.39. The van der Waals surface area contributed by atoms with Gasteiger partial charge in [-0.05, 0) is 23.5 Å². The Hall–Kier alpha value is -1.77. The molecule has 2 aromatic rings. The van der Waals surface area contributed by atoms with Crippen LogP contribution in [0.2, 0.25) is 0 Å². The van der Waals surface area contributed by atoms with E-state index in [1.165, 1.54) is 5.56 Å². The van der Waals surface area contributed by atoms with Crippen LogP contribution in [-0.2, 0) is 7.05 Å². The van der Waals surface area contributed by atoms with Crippen molar-refractivity contribution in [3.05, 3.63) is 36.0 Å². The second-order valence-electron chi connectivity index (χ2n) is 4.50. The highest BCUT2D eigenvalue weighted by Gasteiger charge is 2.08. The van der Waals surface area contributed by atoms with Crippen LogP contribution in [0, 0.1) is 0 Å². The van der Waals surface area contributed by atoms with E-state index < -0.39 is 0 Å². The zero-order valence-corrected chi connectivity index (χ0v) is 10.6. The average Bonchev–Trinajstić information content (AvgIpc) is 2.69. The predicted octanol–water partition coefficient (Wildman–Crippen LogP) is 3.18. The first-order valence-electron chi connectivity index (χ1n) is 6.01. The molecule has 1 aromatic carbocycles. The second kappa shape index (κ2) is 4.62. The van der Waals surface area contributed by atoms with Crippen molar-refractivity contribution in [3.8, 4) is 11.1 Å². The lowest BCUT2D eigenvalue weighted by Crippen LogP contribution is -1.98. The first-order chi connectivity index (χ1) is 8.13. The third kappa shape index (κ3) is 2.18. The molecule has 0 fully saturated rings. The summed E-state index contributed by atoms with van der Waals surface area (Å²) < 4.78 is 1.69. The molecule has 0 bridgehead atoms. The number of nitrogens with two attached hydrogens (primary N) is 1. The van der Waals surface area contributed by atoms with E-state index in [-0.39, 0.29) is 0 Å². The molecule has 2 N–H and O–H groups in total. The van der Waals surface area contributed by atoms with E-state index in [0.29, 0.717) is 11.7 Å². The fraction of sp³-hybridized carbons (Fsp3) is 0.357. The van der Waals surface area contributed by atoms with Crippen molar-refractivity contribution in [3.63, 3.8) is 0 Å². The highest BCUT2D eigenvalue weighted by atomic mass is 15.3. The Balaban J connectivity index is 2.32. The van der Waals surface area contributed by atoms with Gasteiger partial charge in [0.15, 0.2) is 0 Å². The minimum atomic E-state index is 0.607. The number of benzene rings is 1. The Morgan fingerprint density at radius 3 is 2.41 bits per heavy atom. The molecule has 3 nitrogen and oxygen atoms in total. The number of aryl methyl sites for hydroxylation is 1. The Kier molecular flexibility index (Phi) is 3.18. The molecule has 0 spiro atoms. The van der Waals surface area contributed by atoms with Gasteiger partial charge in [-0.1, -0.05) is 38.1 Å². The molecule has 90 valence electrons. The van der Waals surface area contributed by atoms with E-state index in [4.69, 9.17) is 5.73 Å². The molecular formula is C14H19N3. The van der Waals surface area contributed by atoms with Crippen LogP contribution >= 0.6 is 0 Å². The smallest absolute Gasteiger partial charge is 0.129 e. The maximum absolute atomic E-state index is 5.96. The normalized spacial score (nSPS) is 12.6. The second-order valence-corrected chi connectivity index (χ2v) is 4.50. The lowest BCUT2D eigenvalue weighted by Gasteiger charge is -2.09. The first kappa shape index (κ1) is 11.7. The maximum Gasteiger partial charge on any atom is 0.129 e. The minimum absolute atomic E-state index is 0.607. The van der Waals surface area contributed by atoms with Gasteiger partial charge in [0.05, 0.1) is 6.20 Å². The number of nitrogens with zero attached hydrogens (tertiary/aromatic N) is 2. The monoisotopic (exact) mass is 229 g/mol. The fourth-order valence-electron chi connectivity index (χ4n) is 1.90. The SMILES string of the molecule is CCC(C)c1ccc(-c2cnn(C)c2N)cc1. The molecule has 3 heteroatoms. The molecule has 1 aromatic heterocycles. The molecule has 1 heterocycles. The summed E-state index contributed by atoms with van der Waals surface area (Å²) in [5, 5.41) is 4.16. The van der Waals surface area contributed by atoms with Crippen LogP contribution in [-0.4, -0.2) is 9.78 Å². The number of hydrogen-bond acceptors (Lipinski definition) is 2. The zero-order chi connectivity index (χ0) is 12.4. The lowest BCUT2D eigenvalue weighted by molar-refractivity contribution is 0.734. The van der Waals surface area contributed by atoms with Crippen LogP contribution in [0.1, 0.15) is 31.7 Å². The van der Waals surface area contributed by atoms with Crippen molar-refractivity contribution in [2.45, 2.75) is 26.2 Å². The Labute approximate surface area is 102 Å². The average molecular weight is 229 g/mol. The van der Waals surface area contributed by atoms with E-state index in [2.05, 4.69) is 43.2 Å². The van der Waals surface area contributed by atoms with Crippen LogP contribution in [0.3, 0.4) is 0 Å². The molecule has 0 amide bonds. The number of rotatable bonds is 3. The quantitative estimate of drug-likeness (QED) is 0.878. The van der Waals surface area contributed by atoms with Gasteiger partial charge in [-0.15, -0.1) is 0 Å². The molecule has 1 atom stereocenters. The maximum atomic E-state index is 5.96. The van der Waals surface area contributed by atoms with Crippen LogP contribution in [0.15, 0.2) is 30.5 Å². The van der Waals surface area contributed by atoms with Crippen molar-refractivity contribution in [2.75, 3.05) is 5.73 Å². The van der Waals surface area contributed by atoms with Gasteiger partial charge in [-0.25, -0.2) is 0 Å². The fourth-order valence-corrected chi connectivity index (χ4v) is 1.90. The zero-order valence-electron chi connectivity index (χ0n) is 10.6. The topological polar surface area (TPSA) is 43.8 Å². The summed E-state index contributed by atoms with van der Waals surface area (Å²) in [6.07, 6.45) is 2.97. The van der Waals surface area contributed by atoms with Gasteiger partial charge in [-0.2, -0.15) is 5.10 Å². The largest absolute Gasteiger partial charge is 0.383 e. The van der Waals surface area contributed by atoms with Crippen LogP contribution in [0.5, 0.6) is 0 Å². The van der Waals surface area contributed by atoms with Gasteiger partial charge in [0.25, 0.3) is 0 Å². The van der Waals surface area contributed by atoms with Crippen LogP contribution in [0.4, 0.5) is 5.82 Å². The standard InChI is InChI=1S/C14H19N3/c1-4-10(2)11-5-7-12(8-6-11)13-9-16-17(3)14(13)15/h5-10H,4,15H2,1-3H3. The van der Waals surface area contributed by atoms with Gasteiger partial charge < -0.3 is 5.73 Å². The van der Waals surface area contributed by atoms with E-state index in [1.807, 2.05) is 13.2 Å². The lowest BCUT2D eigenvalue weighted by atomic mass is 9.96. The van der Waals surface area contributed by atoms with Crippen molar-refractivity contribution < 1.29 is 0 Å². The van der Waals surface area contributed by atoms with Gasteiger partial charge in [0.2, 0.25) is 0 Å². The number of hydrogen-bond donors (Lipinski definition) is 1. The predicted molar refractivity (Wildman–Crippen MR) is 71.8 cm³/mol. The number of nitrogen functional groups attached to an aromatic ring is 1. The molecule has 0 radical (unpaired) electrons. The highest BCUT2D eigenvalue weighted by Crippen LogP contribution is 2.27. The van der Waals surface area contributed by atoms with E-state index in [9.17, 15) is 0 Å². The molecule has 1 unspecified atom stereocenters. The molecular weight excluding hydrogens is 210 g/mol.